The molecule has 0 spiro atoms. The van der Waals surface area contributed by atoms with Gasteiger partial charge in [0.2, 0.25) is 0 Å². The van der Waals surface area contributed by atoms with Crippen LogP contribution in [-0.4, -0.2) is 40.4 Å². The number of ether oxygens (including phenoxy) is 3. The lowest BCUT2D eigenvalue weighted by Gasteiger charge is -2.33. The lowest BCUT2D eigenvalue weighted by Crippen LogP contribution is -2.40. The molecule has 3 saturated heterocycles. The van der Waals surface area contributed by atoms with Gasteiger partial charge in [0.05, 0.1) is 6.61 Å². The minimum absolute atomic E-state index is 0.195. The summed E-state index contributed by atoms with van der Waals surface area (Å²) in [6.45, 7) is 4.42. The van der Waals surface area contributed by atoms with E-state index >= 15 is 0 Å². The maximum absolute atomic E-state index is 9.91. The second-order valence-electron chi connectivity index (χ2n) is 7.49. The van der Waals surface area contributed by atoms with E-state index < -0.39 is 11.2 Å². The molecule has 0 saturated carbocycles. The fourth-order valence-corrected chi connectivity index (χ4v) is 4.45. The van der Waals surface area contributed by atoms with Gasteiger partial charge in [0.25, 0.3) is 0 Å². The molecule has 3 fully saturated rings. The molecule has 0 bridgehead atoms. The zero-order valence-corrected chi connectivity index (χ0v) is 14.6. The molecule has 0 aromatic heterocycles. The Labute approximate surface area is 151 Å². The molecule has 2 N–H and O–H groups in total. The standard InChI is InChI=1S/C20H21NO5/c1-19(12-5-3-7-14(22)9-12)17-21-16(11-24-17)25-20(2,18(21)26-19)13-6-4-8-15(23)10-13/h3-10,16-18,22-23H,11H2,1-2H3/t16-,17-,18-,19?,20?/m0/s1. The number of phenolic OH excluding ortho intramolecular Hbond substituents is 2. The quantitative estimate of drug-likeness (QED) is 0.863. The summed E-state index contributed by atoms with van der Waals surface area (Å²) in [7, 11) is 0. The van der Waals surface area contributed by atoms with E-state index in [1.807, 2.05) is 26.0 Å². The summed E-state index contributed by atoms with van der Waals surface area (Å²) >= 11 is 0. The fourth-order valence-electron chi connectivity index (χ4n) is 4.45. The Balaban J connectivity index is 1.59. The van der Waals surface area contributed by atoms with Crippen LogP contribution in [0.15, 0.2) is 48.5 Å². The van der Waals surface area contributed by atoms with Crippen molar-refractivity contribution in [3.8, 4) is 11.5 Å². The number of nitrogens with zero attached hydrogens (tertiary/aromatic N) is 1. The highest BCUT2D eigenvalue weighted by molar-refractivity contribution is 5.36. The third-order valence-corrected chi connectivity index (χ3v) is 5.79. The van der Waals surface area contributed by atoms with Crippen LogP contribution in [-0.2, 0) is 25.4 Å². The van der Waals surface area contributed by atoms with Gasteiger partial charge < -0.3 is 24.4 Å². The fraction of sp³-hybridized carbons (Fsp3) is 0.400. The van der Waals surface area contributed by atoms with E-state index in [0.717, 1.165) is 11.1 Å². The van der Waals surface area contributed by atoms with E-state index in [-0.39, 0.29) is 30.2 Å². The van der Waals surface area contributed by atoms with Gasteiger partial charge in [-0.3, -0.25) is 0 Å². The summed E-state index contributed by atoms with van der Waals surface area (Å²) in [6, 6.07) is 14.2. The van der Waals surface area contributed by atoms with E-state index in [9.17, 15) is 10.2 Å². The lowest BCUT2D eigenvalue weighted by molar-refractivity contribution is -0.138. The molecule has 3 aliphatic heterocycles. The molecule has 26 heavy (non-hydrogen) atoms. The van der Waals surface area contributed by atoms with E-state index in [0.29, 0.717) is 6.61 Å². The van der Waals surface area contributed by atoms with Crippen LogP contribution < -0.4 is 0 Å². The summed E-state index contributed by atoms with van der Waals surface area (Å²) in [5, 5.41) is 19.8. The Hall–Kier alpha value is -2.12. The summed E-state index contributed by atoms with van der Waals surface area (Å²) in [5.74, 6) is 0.391. The van der Waals surface area contributed by atoms with E-state index in [1.54, 1.807) is 36.4 Å². The molecule has 6 nitrogen and oxygen atoms in total. The van der Waals surface area contributed by atoms with Gasteiger partial charge in [-0.15, -0.1) is 0 Å². The van der Waals surface area contributed by atoms with E-state index in [4.69, 9.17) is 14.2 Å². The molecule has 2 unspecified atom stereocenters. The Morgan fingerprint density at radius 1 is 0.885 bits per heavy atom. The summed E-state index contributed by atoms with van der Waals surface area (Å²) < 4.78 is 18.9. The van der Waals surface area contributed by atoms with Gasteiger partial charge in [-0.25, -0.2) is 4.90 Å². The second-order valence-corrected chi connectivity index (χ2v) is 7.49. The molecule has 3 heterocycles. The van der Waals surface area contributed by atoms with Gasteiger partial charge in [-0.05, 0) is 49.2 Å². The van der Waals surface area contributed by atoms with Crippen LogP contribution in [0.3, 0.4) is 0 Å². The van der Waals surface area contributed by atoms with Crippen LogP contribution in [0.5, 0.6) is 11.5 Å². The molecule has 136 valence electrons. The first-order chi connectivity index (χ1) is 12.4. The average Bonchev–Trinajstić information content (AvgIpc) is 3.24. The lowest BCUT2D eigenvalue weighted by atomic mass is 9.93. The monoisotopic (exact) mass is 355 g/mol. The molecule has 5 atom stereocenters. The van der Waals surface area contributed by atoms with Crippen LogP contribution in [0, 0.1) is 0 Å². The first kappa shape index (κ1) is 16.1. The topological polar surface area (TPSA) is 71.4 Å². The van der Waals surface area contributed by atoms with Crippen molar-refractivity contribution in [3.05, 3.63) is 59.7 Å². The molecule has 3 aliphatic rings. The Bertz CT molecular complexity index is 827. The van der Waals surface area contributed by atoms with Crippen LogP contribution in [0.4, 0.5) is 0 Å². The highest BCUT2D eigenvalue weighted by Gasteiger charge is 2.68. The summed E-state index contributed by atoms with van der Waals surface area (Å²) in [5.41, 5.74) is 0.242. The molecule has 2 aromatic carbocycles. The number of phenols is 2. The van der Waals surface area contributed by atoms with E-state index in [1.165, 1.54) is 0 Å². The number of benzene rings is 2. The van der Waals surface area contributed by atoms with Gasteiger partial charge in [0, 0.05) is 0 Å². The van der Waals surface area contributed by atoms with Crippen LogP contribution in [0.25, 0.3) is 0 Å². The van der Waals surface area contributed by atoms with Crippen molar-refractivity contribution < 1.29 is 24.4 Å². The van der Waals surface area contributed by atoms with Crippen LogP contribution >= 0.6 is 0 Å². The number of aromatic hydroxyl groups is 2. The molecule has 6 heteroatoms. The zero-order valence-electron chi connectivity index (χ0n) is 14.6. The van der Waals surface area contributed by atoms with Gasteiger partial charge in [-0.1, -0.05) is 24.3 Å². The normalized spacial score (nSPS) is 38.6. The predicted molar refractivity (Wildman–Crippen MR) is 92.2 cm³/mol. The SMILES string of the molecule is CC1(c2cccc(O)c2)O[C@H]2CO[C@@H]3N2[C@H]1OC3(C)c1cccc(O)c1. The summed E-state index contributed by atoms with van der Waals surface area (Å²) in [6.07, 6.45) is -0.885. The molecule has 0 radical (unpaired) electrons. The minimum atomic E-state index is -0.736. The first-order valence-electron chi connectivity index (χ1n) is 8.75. The van der Waals surface area contributed by atoms with Crippen molar-refractivity contribution in [1.29, 1.82) is 0 Å². The maximum atomic E-state index is 9.91. The minimum Gasteiger partial charge on any atom is -0.508 e. The van der Waals surface area contributed by atoms with Gasteiger partial charge in [0.1, 0.15) is 41.4 Å². The van der Waals surface area contributed by atoms with Crippen molar-refractivity contribution in [2.45, 2.75) is 43.7 Å². The molecular weight excluding hydrogens is 334 g/mol. The van der Waals surface area contributed by atoms with Crippen LogP contribution in [0.2, 0.25) is 0 Å². The zero-order chi connectivity index (χ0) is 18.1. The van der Waals surface area contributed by atoms with Crippen molar-refractivity contribution >= 4 is 0 Å². The van der Waals surface area contributed by atoms with E-state index in [2.05, 4.69) is 4.90 Å². The molecule has 0 amide bonds. The second kappa shape index (κ2) is 5.20. The molecule has 2 aromatic rings. The number of hydrogen-bond acceptors (Lipinski definition) is 6. The molecule has 5 rings (SSSR count). The van der Waals surface area contributed by atoms with Gasteiger partial charge in [-0.2, -0.15) is 0 Å². The third kappa shape index (κ3) is 2.01. The largest absolute Gasteiger partial charge is 0.508 e. The average molecular weight is 355 g/mol. The van der Waals surface area contributed by atoms with Crippen molar-refractivity contribution in [2.24, 2.45) is 0 Å². The van der Waals surface area contributed by atoms with Gasteiger partial charge in [0.15, 0.2) is 0 Å². The predicted octanol–water partition coefficient (Wildman–Crippen LogP) is 2.60. The Morgan fingerprint density at radius 2 is 1.46 bits per heavy atom. The first-order valence-corrected chi connectivity index (χ1v) is 8.75. The van der Waals surface area contributed by atoms with Crippen molar-refractivity contribution in [1.82, 2.24) is 4.90 Å². The maximum Gasteiger partial charge on any atom is 0.149 e. The third-order valence-electron chi connectivity index (χ3n) is 5.79. The molecule has 0 aliphatic carbocycles. The highest BCUT2D eigenvalue weighted by Crippen LogP contribution is 2.56. The molecular formula is C20H21NO5. The Kier molecular flexibility index (Phi) is 3.22. The number of hydrogen-bond donors (Lipinski definition) is 2. The summed E-state index contributed by atoms with van der Waals surface area (Å²) in [4.78, 5) is 2.12. The van der Waals surface area contributed by atoms with Crippen molar-refractivity contribution in [2.75, 3.05) is 6.61 Å². The van der Waals surface area contributed by atoms with Crippen molar-refractivity contribution in [3.63, 3.8) is 0 Å². The number of rotatable bonds is 2. The highest BCUT2D eigenvalue weighted by atomic mass is 16.7. The van der Waals surface area contributed by atoms with Crippen LogP contribution in [0.1, 0.15) is 25.0 Å². The Morgan fingerprint density at radius 3 is 2.04 bits per heavy atom. The smallest absolute Gasteiger partial charge is 0.149 e. The van der Waals surface area contributed by atoms with Gasteiger partial charge >= 0.3 is 0 Å².